The summed E-state index contributed by atoms with van der Waals surface area (Å²) in [7, 11) is 3.11. The van der Waals surface area contributed by atoms with Crippen molar-refractivity contribution in [1.82, 2.24) is 10.3 Å². The molecule has 134 valence electrons. The first kappa shape index (κ1) is 21.1. The van der Waals surface area contributed by atoms with Crippen LogP contribution in [0.4, 0.5) is 0 Å². The summed E-state index contributed by atoms with van der Waals surface area (Å²) in [6.07, 6.45) is 0. The summed E-state index contributed by atoms with van der Waals surface area (Å²) in [6.45, 7) is 0.659. The zero-order valence-corrected chi connectivity index (χ0v) is 15.6. The van der Waals surface area contributed by atoms with Crippen molar-refractivity contribution >= 4 is 40.1 Å². The van der Waals surface area contributed by atoms with Gasteiger partial charge in [0.05, 0.1) is 43.8 Å². The Bertz CT molecular complexity index is 879. The van der Waals surface area contributed by atoms with E-state index >= 15 is 0 Å². The number of halogens is 2. The maximum atomic E-state index is 12.4. The van der Waals surface area contributed by atoms with Crippen molar-refractivity contribution in [2.75, 3.05) is 27.2 Å². The number of quaternary nitrogens is 1. The van der Waals surface area contributed by atoms with Crippen LogP contribution in [0.5, 0.6) is 0 Å². The number of hydrogen-bond donors (Lipinski definition) is 1. The van der Waals surface area contributed by atoms with Crippen molar-refractivity contribution in [2.24, 2.45) is 0 Å². The molecule has 1 amide bonds. The molecule has 0 saturated carbocycles. The summed E-state index contributed by atoms with van der Waals surface area (Å²) in [5, 5.41) is 16.3. The number of pyridine rings is 1. The fourth-order valence-corrected chi connectivity index (χ4v) is 2.52. The van der Waals surface area contributed by atoms with Gasteiger partial charge in [-0.25, -0.2) is 4.98 Å². The van der Waals surface area contributed by atoms with E-state index in [9.17, 15) is 10.0 Å². The summed E-state index contributed by atoms with van der Waals surface area (Å²) < 4.78 is -0.432. The van der Waals surface area contributed by atoms with Gasteiger partial charge in [-0.05, 0) is 18.2 Å². The van der Waals surface area contributed by atoms with E-state index in [4.69, 9.17) is 0 Å². The molecule has 0 radical (unpaired) electrons. The van der Waals surface area contributed by atoms with Gasteiger partial charge in [-0.3, -0.25) is 4.79 Å². The second kappa shape index (κ2) is 8.45. The zero-order chi connectivity index (χ0) is 16.4. The largest absolute Gasteiger partial charge is 1.00 e. The lowest BCUT2D eigenvalue weighted by Gasteiger charge is -2.33. The molecule has 1 heterocycles. The standard InChI is InChI=1S/C18H19N3O2.2ClH/c1-21(2,23)11-10-19-18(22)15-8-5-7-14-12-13-6-3-4-9-16(13)20-17(14)15;;/h3-9,12H,10-11H2,1-2H3,(H,19,22);2*1H/p-1. The molecule has 0 atom stereocenters. The minimum Gasteiger partial charge on any atom is -1.00 e. The monoisotopic (exact) mass is 380 g/mol. The molecule has 0 aliphatic rings. The molecule has 0 bridgehead atoms. The Morgan fingerprint density at radius 2 is 1.80 bits per heavy atom. The van der Waals surface area contributed by atoms with E-state index < -0.39 is 4.65 Å². The van der Waals surface area contributed by atoms with Crippen LogP contribution in [-0.2, 0) is 0 Å². The average Bonchev–Trinajstić information content (AvgIpc) is 2.51. The van der Waals surface area contributed by atoms with Crippen molar-refractivity contribution < 1.29 is 21.8 Å². The van der Waals surface area contributed by atoms with Gasteiger partial charge in [-0.1, -0.05) is 30.3 Å². The van der Waals surface area contributed by atoms with Gasteiger partial charge in [0.25, 0.3) is 5.91 Å². The highest BCUT2D eigenvalue weighted by molar-refractivity contribution is 6.07. The van der Waals surface area contributed by atoms with E-state index in [-0.39, 0.29) is 30.7 Å². The van der Waals surface area contributed by atoms with Crippen LogP contribution in [0.1, 0.15) is 10.4 Å². The molecule has 3 aromatic rings. The number of likely N-dealkylation sites (N-methyl/N-ethyl adjacent to an activating group) is 1. The van der Waals surface area contributed by atoms with Crippen molar-refractivity contribution in [2.45, 2.75) is 0 Å². The molecule has 3 rings (SSSR count). The first-order valence-corrected chi connectivity index (χ1v) is 7.55. The number of nitrogens with zero attached hydrogens (tertiary/aromatic N) is 2. The Morgan fingerprint density at radius 3 is 2.52 bits per heavy atom. The van der Waals surface area contributed by atoms with Gasteiger partial charge in [0.15, 0.2) is 0 Å². The second-order valence-corrected chi connectivity index (χ2v) is 6.11. The molecule has 0 spiro atoms. The summed E-state index contributed by atoms with van der Waals surface area (Å²) in [5.41, 5.74) is 2.07. The topological polar surface area (TPSA) is 65.0 Å². The number of hydrogen-bond acceptors (Lipinski definition) is 3. The summed E-state index contributed by atoms with van der Waals surface area (Å²) in [6, 6.07) is 15.4. The van der Waals surface area contributed by atoms with Crippen LogP contribution in [-0.4, -0.2) is 42.7 Å². The Kier molecular flexibility index (Phi) is 7.14. The lowest BCUT2D eigenvalue weighted by atomic mass is 10.1. The number of amides is 1. The van der Waals surface area contributed by atoms with E-state index in [1.54, 1.807) is 20.2 Å². The molecule has 0 unspecified atom stereocenters. The number of carbonyl (C=O) groups is 1. The number of rotatable bonds is 4. The number of fused-ring (bicyclic) bond motifs is 2. The predicted molar refractivity (Wildman–Crippen MR) is 99.2 cm³/mol. The summed E-state index contributed by atoms with van der Waals surface area (Å²) >= 11 is 0. The van der Waals surface area contributed by atoms with Crippen LogP contribution in [0.2, 0.25) is 0 Å². The third-order valence-corrected chi connectivity index (χ3v) is 3.73. The van der Waals surface area contributed by atoms with Crippen LogP contribution in [0.25, 0.3) is 21.8 Å². The highest BCUT2D eigenvalue weighted by atomic mass is 35.5. The van der Waals surface area contributed by atoms with Crippen molar-refractivity contribution in [3.63, 3.8) is 0 Å². The van der Waals surface area contributed by atoms with Crippen LogP contribution in [0, 0.1) is 5.21 Å². The molecule has 1 aromatic heterocycles. The lowest BCUT2D eigenvalue weighted by Crippen LogP contribution is -3.00. The van der Waals surface area contributed by atoms with Crippen LogP contribution < -0.4 is 17.7 Å². The maximum absolute atomic E-state index is 12.4. The van der Waals surface area contributed by atoms with Crippen LogP contribution in [0.3, 0.4) is 0 Å². The Balaban J connectivity index is 0.00000156. The first-order valence-electron chi connectivity index (χ1n) is 7.55. The van der Waals surface area contributed by atoms with Gasteiger partial charge in [-0.15, -0.1) is 12.4 Å². The molecule has 0 aliphatic carbocycles. The predicted octanol–water partition coefficient (Wildman–Crippen LogP) is 0.118. The number of para-hydroxylation sites is 2. The van der Waals surface area contributed by atoms with Gasteiger partial charge >= 0.3 is 0 Å². The van der Waals surface area contributed by atoms with Crippen LogP contribution in [0.15, 0.2) is 48.5 Å². The number of aromatic nitrogens is 1. The molecule has 0 saturated heterocycles. The Hall–Kier alpha value is -1.92. The van der Waals surface area contributed by atoms with Gasteiger partial charge < -0.3 is 27.6 Å². The van der Waals surface area contributed by atoms with Gasteiger partial charge in [0.2, 0.25) is 0 Å². The maximum Gasteiger partial charge on any atom is 0.253 e. The molecule has 7 heteroatoms. The minimum absolute atomic E-state index is 0. The first-order chi connectivity index (χ1) is 10.9. The molecule has 1 N–H and O–H groups in total. The third-order valence-electron chi connectivity index (χ3n) is 3.73. The quantitative estimate of drug-likeness (QED) is 0.397. The molecule has 0 fully saturated rings. The summed E-state index contributed by atoms with van der Waals surface area (Å²) in [4.78, 5) is 17.0. The molecule has 0 aliphatic heterocycles. The Labute approximate surface area is 159 Å². The number of hydroxylamine groups is 3. The van der Waals surface area contributed by atoms with Crippen molar-refractivity contribution in [1.29, 1.82) is 0 Å². The smallest absolute Gasteiger partial charge is 0.253 e. The fourth-order valence-electron chi connectivity index (χ4n) is 2.52. The van der Waals surface area contributed by atoms with Gasteiger partial charge in [-0.2, -0.15) is 0 Å². The average molecular weight is 381 g/mol. The highest BCUT2D eigenvalue weighted by Crippen LogP contribution is 2.22. The highest BCUT2D eigenvalue weighted by Gasteiger charge is 2.12. The van der Waals surface area contributed by atoms with E-state index in [1.165, 1.54) is 0 Å². The summed E-state index contributed by atoms with van der Waals surface area (Å²) in [5.74, 6) is -0.202. The van der Waals surface area contributed by atoms with Crippen molar-refractivity contribution in [3.05, 3.63) is 59.3 Å². The SMILES string of the molecule is C[N+](C)([O-])CCNC(=O)c1cccc2cc3ccccc3nc12.Cl.[Cl-]. The number of nitrogens with one attached hydrogen (secondary N) is 1. The molecule has 5 nitrogen and oxygen atoms in total. The van der Waals surface area contributed by atoms with Crippen LogP contribution >= 0.6 is 12.4 Å². The van der Waals surface area contributed by atoms with Gasteiger partial charge in [0, 0.05) is 10.8 Å². The van der Waals surface area contributed by atoms with E-state index in [0.717, 1.165) is 16.3 Å². The third kappa shape index (κ3) is 5.03. The lowest BCUT2D eigenvalue weighted by molar-refractivity contribution is -0.838. The molecule has 2 aromatic carbocycles. The van der Waals surface area contributed by atoms with Gasteiger partial charge in [0.1, 0.15) is 0 Å². The molecule has 25 heavy (non-hydrogen) atoms. The van der Waals surface area contributed by atoms with E-state index in [0.29, 0.717) is 24.2 Å². The van der Waals surface area contributed by atoms with E-state index in [1.807, 2.05) is 42.5 Å². The fraction of sp³-hybridized carbons (Fsp3) is 0.222. The number of benzene rings is 2. The molecular weight excluding hydrogens is 361 g/mol. The number of carbonyl (C=O) groups excluding carboxylic acids is 1. The normalized spacial score (nSPS) is 10.8. The Morgan fingerprint density at radius 1 is 1.12 bits per heavy atom. The minimum atomic E-state index is -0.432. The zero-order valence-electron chi connectivity index (χ0n) is 14.0. The van der Waals surface area contributed by atoms with Crippen molar-refractivity contribution in [3.8, 4) is 0 Å². The molecular formula is C18H20Cl2N3O2-. The second-order valence-electron chi connectivity index (χ2n) is 6.11. The van der Waals surface area contributed by atoms with E-state index in [2.05, 4.69) is 10.3 Å².